The zero-order valence-electron chi connectivity index (χ0n) is 12.8. The van der Waals surface area contributed by atoms with Gasteiger partial charge < -0.3 is 0 Å². The summed E-state index contributed by atoms with van der Waals surface area (Å²) in [5, 5.41) is 2.73. The van der Waals surface area contributed by atoms with Crippen LogP contribution in [0, 0.1) is 0 Å². The van der Waals surface area contributed by atoms with Crippen LogP contribution in [0.1, 0.15) is 23.6 Å². The van der Waals surface area contributed by atoms with Gasteiger partial charge in [0.05, 0.1) is 15.6 Å². The minimum atomic E-state index is 0.351. The van der Waals surface area contributed by atoms with Gasteiger partial charge in [-0.15, -0.1) is 11.3 Å². The lowest BCUT2D eigenvalue weighted by Crippen LogP contribution is -2.47. The van der Waals surface area contributed by atoms with Crippen LogP contribution in [0.4, 0.5) is 0 Å². The van der Waals surface area contributed by atoms with Gasteiger partial charge in [0.1, 0.15) is 0 Å². The summed E-state index contributed by atoms with van der Waals surface area (Å²) in [6.45, 7) is 1.16. The molecule has 2 aromatic carbocycles. The Morgan fingerprint density at radius 3 is 2.00 bits per heavy atom. The van der Waals surface area contributed by atoms with Crippen molar-refractivity contribution in [3.8, 4) is 0 Å². The summed E-state index contributed by atoms with van der Waals surface area (Å²) in [4.78, 5) is 2.63. The number of rotatable bonds is 5. The van der Waals surface area contributed by atoms with Crippen LogP contribution in [0.15, 0.2) is 82.4 Å². The Balaban J connectivity index is 1.63. The van der Waals surface area contributed by atoms with Gasteiger partial charge >= 0.3 is 0 Å². The maximum Gasteiger partial charge on any atom is 0.0632 e. The maximum absolute atomic E-state index is 2.63. The van der Waals surface area contributed by atoms with Crippen molar-refractivity contribution in [3.05, 3.63) is 89.3 Å². The molecule has 2 heterocycles. The summed E-state index contributed by atoms with van der Waals surface area (Å²) in [5.74, 6) is 0. The van der Waals surface area contributed by atoms with Crippen LogP contribution in [0.5, 0.6) is 0 Å². The molecule has 0 amide bonds. The van der Waals surface area contributed by atoms with Crippen LogP contribution in [0.2, 0.25) is 0 Å². The summed E-state index contributed by atoms with van der Waals surface area (Å²) < 4.78 is 1.42. The van der Waals surface area contributed by atoms with E-state index < -0.39 is 0 Å². The molecule has 0 N–H and O–H groups in total. The summed E-state index contributed by atoms with van der Waals surface area (Å²) in [6, 6.07) is 26.5. The number of hydrogen-bond acceptors (Lipinski definition) is 3. The normalized spacial score (nSPS) is 18.0. The van der Waals surface area contributed by atoms with E-state index in [4.69, 9.17) is 0 Å². The van der Waals surface area contributed by atoms with Crippen molar-refractivity contribution in [2.75, 3.05) is 6.54 Å². The van der Waals surface area contributed by atoms with Crippen molar-refractivity contribution >= 4 is 23.1 Å². The molecule has 0 saturated carbocycles. The van der Waals surface area contributed by atoms with Gasteiger partial charge in [-0.05, 0) is 29.0 Å². The van der Waals surface area contributed by atoms with E-state index in [1.54, 1.807) is 0 Å². The van der Waals surface area contributed by atoms with E-state index >= 15 is 0 Å². The minimum absolute atomic E-state index is 0.351. The molecule has 1 aliphatic heterocycles. The highest BCUT2D eigenvalue weighted by Gasteiger charge is 2.36. The van der Waals surface area contributed by atoms with E-state index in [0.717, 1.165) is 6.54 Å². The molecular weight excluding hydrogens is 318 g/mol. The molecule has 3 heteroatoms. The molecule has 4 rings (SSSR count). The van der Waals surface area contributed by atoms with Gasteiger partial charge in [-0.2, -0.15) is 0 Å². The smallest absolute Gasteiger partial charge is 0.0632 e. The van der Waals surface area contributed by atoms with Crippen molar-refractivity contribution in [2.45, 2.75) is 22.0 Å². The first-order valence-electron chi connectivity index (χ1n) is 7.97. The van der Waals surface area contributed by atoms with Crippen LogP contribution < -0.4 is 0 Å². The van der Waals surface area contributed by atoms with Crippen molar-refractivity contribution in [1.82, 2.24) is 4.90 Å². The molecule has 23 heavy (non-hydrogen) atoms. The maximum atomic E-state index is 2.63. The van der Waals surface area contributed by atoms with E-state index in [-0.39, 0.29) is 0 Å². The topological polar surface area (TPSA) is 3.24 Å². The van der Waals surface area contributed by atoms with Crippen LogP contribution in [0.3, 0.4) is 0 Å². The molecule has 116 valence electrons. The number of hydrogen-bond donors (Lipinski definition) is 0. The molecule has 1 saturated heterocycles. The summed E-state index contributed by atoms with van der Waals surface area (Å²) in [6.07, 6.45) is 1.26. The molecule has 1 aliphatic rings. The fourth-order valence-electron chi connectivity index (χ4n) is 3.12. The fourth-order valence-corrected chi connectivity index (χ4v) is 5.30. The standard InChI is InChI=1S/C20H19NS2/c1-3-8-16(9-4-1)20(17-10-5-2-6-11-17)21-14-13-18(21)23-19-12-7-15-22-19/h1-12,15,18,20H,13-14H2. The molecule has 1 atom stereocenters. The average Bonchev–Trinajstić information content (AvgIpc) is 3.11. The van der Waals surface area contributed by atoms with Gasteiger partial charge in [0, 0.05) is 6.54 Å². The van der Waals surface area contributed by atoms with Crippen molar-refractivity contribution in [1.29, 1.82) is 0 Å². The Hall–Kier alpha value is -1.55. The molecule has 1 aromatic heterocycles. The number of benzene rings is 2. The lowest BCUT2D eigenvalue weighted by atomic mass is 9.94. The Labute approximate surface area is 146 Å². The van der Waals surface area contributed by atoms with Gasteiger partial charge in [-0.3, -0.25) is 4.90 Å². The quantitative estimate of drug-likeness (QED) is 0.591. The SMILES string of the molecule is c1ccc(C(c2ccccc2)N2CCC2Sc2cccs2)cc1. The lowest BCUT2D eigenvalue weighted by Gasteiger charge is -2.46. The molecule has 0 spiro atoms. The second kappa shape index (κ2) is 6.91. The Morgan fingerprint density at radius 1 is 0.870 bits per heavy atom. The van der Waals surface area contributed by atoms with Crippen LogP contribution in [-0.4, -0.2) is 16.8 Å². The molecular formula is C20H19NS2. The largest absolute Gasteiger partial charge is 0.280 e. The third kappa shape index (κ3) is 3.23. The number of likely N-dealkylation sites (tertiary alicyclic amines) is 1. The Kier molecular flexibility index (Phi) is 4.51. The zero-order chi connectivity index (χ0) is 15.5. The second-order valence-electron chi connectivity index (χ2n) is 5.75. The Bertz CT molecular complexity index is 685. The van der Waals surface area contributed by atoms with Crippen LogP contribution in [0.25, 0.3) is 0 Å². The Morgan fingerprint density at radius 2 is 1.52 bits per heavy atom. The van der Waals surface area contributed by atoms with Gasteiger partial charge in [0.25, 0.3) is 0 Å². The summed E-state index contributed by atoms with van der Waals surface area (Å²) >= 11 is 3.85. The van der Waals surface area contributed by atoms with Crippen molar-refractivity contribution in [2.24, 2.45) is 0 Å². The summed E-state index contributed by atoms with van der Waals surface area (Å²) in [7, 11) is 0. The van der Waals surface area contributed by atoms with Crippen LogP contribution >= 0.6 is 23.1 Å². The molecule has 0 radical (unpaired) electrons. The zero-order valence-corrected chi connectivity index (χ0v) is 14.5. The first kappa shape index (κ1) is 15.0. The highest BCUT2D eigenvalue weighted by atomic mass is 32.2. The number of nitrogens with zero attached hydrogens (tertiary/aromatic N) is 1. The third-order valence-electron chi connectivity index (χ3n) is 4.31. The summed E-state index contributed by atoms with van der Waals surface area (Å²) in [5.41, 5.74) is 2.77. The minimum Gasteiger partial charge on any atom is -0.280 e. The second-order valence-corrected chi connectivity index (χ2v) is 8.18. The van der Waals surface area contributed by atoms with Gasteiger partial charge in [-0.25, -0.2) is 0 Å². The average molecular weight is 338 g/mol. The number of thiophene rings is 1. The van der Waals surface area contributed by atoms with E-state index in [1.807, 2.05) is 23.1 Å². The van der Waals surface area contributed by atoms with E-state index in [1.165, 1.54) is 21.8 Å². The first-order chi connectivity index (χ1) is 11.4. The lowest BCUT2D eigenvalue weighted by molar-refractivity contribution is 0.116. The fraction of sp³-hybridized carbons (Fsp3) is 0.200. The van der Waals surface area contributed by atoms with Crippen LogP contribution in [-0.2, 0) is 0 Å². The van der Waals surface area contributed by atoms with Gasteiger partial charge in [-0.1, -0.05) is 78.5 Å². The first-order valence-corrected chi connectivity index (χ1v) is 9.73. The van der Waals surface area contributed by atoms with Gasteiger partial charge in [0.15, 0.2) is 0 Å². The van der Waals surface area contributed by atoms with E-state index in [2.05, 4.69) is 83.1 Å². The monoisotopic (exact) mass is 337 g/mol. The highest BCUT2D eigenvalue weighted by Crippen LogP contribution is 2.43. The number of thioether (sulfide) groups is 1. The predicted octanol–water partition coefficient (Wildman–Crippen LogP) is 5.66. The highest BCUT2D eigenvalue weighted by molar-refractivity contribution is 8.01. The van der Waals surface area contributed by atoms with Crippen molar-refractivity contribution in [3.63, 3.8) is 0 Å². The third-order valence-corrected chi connectivity index (χ3v) is 6.70. The predicted molar refractivity (Wildman–Crippen MR) is 100 cm³/mol. The van der Waals surface area contributed by atoms with Gasteiger partial charge in [0.2, 0.25) is 0 Å². The molecule has 1 unspecified atom stereocenters. The molecule has 1 fully saturated rings. The molecule has 3 aromatic rings. The van der Waals surface area contributed by atoms with E-state index in [0.29, 0.717) is 11.4 Å². The molecule has 0 aliphatic carbocycles. The van der Waals surface area contributed by atoms with E-state index in [9.17, 15) is 0 Å². The van der Waals surface area contributed by atoms with Crippen molar-refractivity contribution < 1.29 is 0 Å². The molecule has 1 nitrogen and oxygen atoms in total. The molecule has 0 bridgehead atoms.